The lowest BCUT2D eigenvalue weighted by Crippen LogP contribution is -2.38. The van der Waals surface area contributed by atoms with Crippen molar-refractivity contribution >= 4 is 17.6 Å². The van der Waals surface area contributed by atoms with E-state index in [9.17, 15) is 4.79 Å². The van der Waals surface area contributed by atoms with Crippen molar-refractivity contribution < 1.29 is 19.0 Å². The van der Waals surface area contributed by atoms with Crippen LogP contribution in [0.4, 0.5) is 0 Å². The molecule has 0 radical (unpaired) electrons. The van der Waals surface area contributed by atoms with E-state index >= 15 is 0 Å². The van der Waals surface area contributed by atoms with E-state index in [0.29, 0.717) is 19.6 Å². The first-order chi connectivity index (χ1) is 8.38. The summed E-state index contributed by atoms with van der Waals surface area (Å²) in [7, 11) is 0. The van der Waals surface area contributed by atoms with Crippen LogP contribution in [0.3, 0.4) is 0 Å². The van der Waals surface area contributed by atoms with E-state index in [-0.39, 0.29) is 5.97 Å². The molecule has 0 saturated heterocycles. The van der Waals surface area contributed by atoms with Gasteiger partial charge in [0.2, 0.25) is 0 Å². The predicted molar refractivity (Wildman–Crippen MR) is 69.6 cm³/mol. The fourth-order valence-electron chi connectivity index (χ4n) is 1.75. The van der Waals surface area contributed by atoms with Gasteiger partial charge in [-0.3, -0.25) is 0 Å². The molecule has 1 aliphatic heterocycles. The maximum absolute atomic E-state index is 11.7. The molecule has 0 aliphatic carbocycles. The van der Waals surface area contributed by atoms with E-state index < -0.39 is 17.3 Å². The first kappa shape index (κ1) is 15.5. The number of halogens is 1. The van der Waals surface area contributed by atoms with E-state index in [1.54, 1.807) is 6.92 Å². The fourth-order valence-corrected chi connectivity index (χ4v) is 1.89. The predicted octanol–water partition coefficient (Wildman–Crippen LogP) is 2.64. The van der Waals surface area contributed by atoms with Crippen LogP contribution in [-0.4, -0.2) is 36.5 Å². The van der Waals surface area contributed by atoms with Gasteiger partial charge in [-0.25, -0.2) is 4.79 Å². The number of carbonyl (C=O) groups is 1. The lowest BCUT2D eigenvalue weighted by Gasteiger charge is -2.32. The highest BCUT2D eigenvalue weighted by molar-refractivity contribution is 6.25. The first-order valence-electron chi connectivity index (χ1n) is 6.22. The molecule has 18 heavy (non-hydrogen) atoms. The Hall–Kier alpha value is -0.580. The van der Waals surface area contributed by atoms with Crippen LogP contribution in [0, 0.1) is 0 Å². The Morgan fingerprint density at radius 1 is 1.50 bits per heavy atom. The van der Waals surface area contributed by atoms with Gasteiger partial charge < -0.3 is 14.2 Å². The summed E-state index contributed by atoms with van der Waals surface area (Å²) in [4.78, 5) is 11.2. The van der Waals surface area contributed by atoms with Crippen molar-refractivity contribution in [2.75, 3.05) is 13.2 Å². The zero-order valence-electron chi connectivity index (χ0n) is 11.4. The second-order valence-electron chi connectivity index (χ2n) is 4.57. The van der Waals surface area contributed by atoms with Crippen molar-refractivity contribution in [1.82, 2.24) is 0 Å². The van der Waals surface area contributed by atoms with Gasteiger partial charge in [-0.15, -0.1) is 11.6 Å². The molecular weight excluding hydrogens is 256 g/mol. The second-order valence-corrected chi connectivity index (χ2v) is 5.51. The van der Waals surface area contributed by atoms with Crippen LogP contribution >= 0.6 is 11.6 Å². The summed E-state index contributed by atoms with van der Waals surface area (Å²) in [6.07, 6.45) is 1.11. The molecule has 0 fully saturated rings. The van der Waals surface area contributed by atoms with Gasteiger partial charge in [-0.05, 0) is 39.3 Å². The van der Waals surface area contributed by atoms with E-state index in [1.807, 2.05) is 26.8 Å². The molecule has 0 unspecified atom stereocenters. The standard InChI is InChI=1S/C13H21ClO4/c1-5-16-11-8-9(13(3,4)14)7-10(18-11)12(15)17-6-2/h8,10-11H,5-7H2,1-4H3/t10-,11-/m1/s1. The highest BCUT2D eigenvalue weighted by Gasteiger charge is 2.34. The van der Waals surface area contributed by atoms with Gasteiger partial charge in [0.1, 0.15) is 0 Å². The topological polar surface area (TPSA) is 44.8 Å². The van der Waals surface area contributed by atoms with Crippen molar-refractivity contribution in [3.8, 4) is 0 Å². The molecule has 4 nitrogen and oxygen atoms in total. The van der Waals surface area contributed by atoms with Gasteiger partial charge in [0.15, 0.2) is 12.4 Å². The average molecular weight is 277 g/mol. The second kappa shape index (κ2) is 6.55. The summed E-state index contributed by atoms with van der Waals surface area (Å²) in [5, 5.41) is 0. The van der Waals surface area contributed by atoms with Crippen LogP contribution in [0.1, 0.15) is 34.1 Å². The number of rotatable bonds is 5. The quantitative estimate of drug-likeness (QED) is 0.440. The van der Waals surface area contributed by atoms with E-state index in [2.05, 4.69) is 0 Å². The third-order valence-electron chi connectivity index (χ3n) is 2.68. The molecular formula is C13H21ClO4. The van der Waals surface area contributed by atoms with Gasteiger partial charge >= 0.3 is 5.97 Å². The van der Waals surface area contributed by atoms with Gasteiger partial charge in [-0.2, -0.15) is 0 Å². The molecule has 104 valence electrons. The fraction of sp³-hybridized carbons (Fsp3) is 0.769. The van der Waals surface area contributed by atoms with Gasteiger partial charge in [0.25, 0.3) is 0 Å². The summed E-state index contributed by atoms with van der Waals surface area (Å²) in [5.41, 5.74) is 0.937. The monoisotopic (exact) mass is 276 g/mol. The molecule has 0 N–H and O–H groups in total. The molecule has 0 aromatic carbocycles. The maximum atomic E-state index is 11.7. The van der Waals surface area contributed by atoms with E-state index in [0.717, 1.165) is 5.57 Å². The van der Waals surface area contributed by atoms with Crippen LogP contribution < -0.4 is 0 Å². The molecule has 0 bridgehead atoms. The average Bonchev–Trinajstić information content (AvgIpc) is 2.28. The number of carbonyl (C=O) groups excluding carboxylic acids is 1. The number of ether oxygens (including phenoxy) is 3. The van der Waals surface area contributed by atoms with Crippen LogP contribution in [0.15, 0.2) is 11.6 Å². The molecule has 5 heteroatoms. The Labute approximate surface area is 113 Å². The Kier molecular flexibility index (Phi) is 5.63. The Morgan fingerprint density at radius 2 is 2.17 bits per heavy atom. The largest absolute Gasteiger partial charge is 0.464 e. The molecule has 0 aromatic heterocycles. The lowest BCUT2D eigenvalue weighted by molar-refractivity contribution is -0.183. The Morgan fingerprint density at radius 3 is 2.67 bits per heavy atom. The molecule has 0 amide bonds. The zero-order valence-corrected chi connectivity index (χ0v) is 12.1. The minimum atomic E-state index is -0.639. The number of hydrogen-bond acceptors (Lipinski definition) is 4. The van der Waals surface area contributed by atoms with Crippen molar-refractivity contribution in [2.45, 2.75) is 51.4 Å². The molecule has 0 saturated carbocycles. The van der Waals surface area contributed by atoms with Crippen LogP contribution in [0.2, 0.25) is 0 Å². The van der Waals surface area contributed by atoms with Gasteiger partial charge in [0.05, 0.1) is 11.5 Å². The SMILES string of the molecule is CCOC(=O)[C@H]1CC(C(C)(C)Cl)=C[C@H](OCC)O1. The minimum absolute atomic E-state index is 0.335. The minimum Gasteiger partial charge on any atom is -0.464 e. The van der Waals surface area contributed by atoms with Gasteiger partial charge in [-0.1, -0.05) is 0 Å². The van der Waals surface area contributed by atoms with E-state index in [4.69, 9.17) is 25.8 Å². The third-order valence-corrected chi connectivity index (χ3v) is 2.93. The molecule has 0 spiro atoms. The highest BCUT2D eigenvalue weighted by atomic mass is 35.5. The van der Waals surface area contributed by atoms with E-state index in [1.165, 1.54) is 0 Å². The van der Waals surface area contributed by atoms with Crippen molar-refractivity contribution in [3.05, 3.63) is 11.6 Å². The molecule has 2 atom stereocenters. The molecule has 0 aromatic rings. The molecule has 1 heterocycles. The molecule has 1 aliphatic rings. The normalized spacial score (nSPS) is 24.6. The van der Waals surface area contributed by atoms with Crippen molar-refractivity contribution in [2.24, 2.45) is 0 Å². The Bertz CT molecular complexity index is 319. The summed E-state index contributed by atoms with van der Waals surface area (Å²) < 4.78 is 15.9. The number of esters is 1. The summed E-state index contributed by atoms with van der Waals surface area (Å²) >= 11 is 6.29. The van der Waals surface area contributed by atoms with Crippen LogP contribution in [0.5, 0.6) is 0 Å². The summed E-state index contributed by atoms with van der Waals surface area (Å²) in [5.74, 6) is -0.367. The number of alkyl halides is 1. The van der Waals surface area contributed by atoms with Crippen molar-refractivity contribution in [3.63, 3.8) is 0 Å². The Balaban J connectivity index is 2.82. The van der Waals surface area contributed by atoms with Crippen LogP contribution in [-0.2, 0) is 19.0 Å². The first-order valence-corrected chi connectivity index (χ1v) is 6.60. The molecule has 1 rings (SSSR count). The maximum Gasteiger partial charge on any atom is 0.335 e. The van der Waals surface area contributed by atoms with Crippen LogP contribution in [0.25, 0.3) is 0 Å². The number of hydrogen-bond donors (Lipinski definition) is 0. The smallest absolute Gasteiger partial charge is 0.335 e. The third kappa shape index (κ3) is 4.26. The highest BCUT2D eigenvalue weighted by Crippen LogP contribution is 2.33. The zero-order chi connectivity index (χ0) is 13.8. The summed E-state index contributed by atoms with van der Waals surface area (Å²) in [6, 6.07) is 0. The summed E-state index contributed by atoms with van der Waals surface area (Å²) in [6.45, 7) is 8.25. The van der Waals surface area contributed by atoms with Gasteiger partial charge in [0, 0.05) is 13.0 Å². The lowest BCUT2D eigenvalue weighted by atomic mass is 9.94. The van der Waals surface area contributed by atoms with Crippen molar-refractivity contribution in [1.29, 1.82) is 0 Å².